The van der Waals surface area contributed by atoms with E-state index in [1.807, 2.05) is 48.5 Å². The van der Waals surface area contributed by atoms with E-state index in [2.05, 4.69) is 31.4 Å². The number of fused-ring (bicyclic) bond motifs is 1. The molecule has 0 radical (unpaired) electrons. The number of para-hydroxylation sites is 2. The maximum absolute atomic E-state index is 12.1. The van der Waals surface area contributed by atoms with Gasteiger partial charge < -0.3 is 19.2 Å². The maximum atomic E-state index is 12.1. The zero-order chi connectivity index (χ0) is 19.3. The van der Waals surface area contributed by atoms with E-state index in [1.165, 1.54) is 11.8 Å². The van der Waals surface area contributed by atoms with E-state index in [1.54, 1.807) is 0 Å². The Bertz CT molecular complexity index is 981. The smallest absolute Gasteiger partial charge is 0.277 e. The number of aromatic nitrogens is 2. The van der Waals surface area contributed by atoms with Gasteiger partial charge in [0.25, 0.3) is 5.22 Å². The summed E-state index contributed by atoms with van der Waals surface area (Å²) >= 11 is 4.60. The quantitative estimate of drug-likeness (QED) is 0.561. The topological polar surface area (TPSA) is 86.5 Å². The van der Waals surface area contributed by atoms with Crippen molar-refractivity contribution in [1.82, 2.24) is 15.5 Å². The molecule has 1 N–H and O–H groups in total. The summed E-state index contributed by atoms with van der Waals surface area (Å²) in [6.07, 6.45) is -0.226. The molecule has 1 aromatic heterocycles. The number of thioether (sulfide) groups is 1. The first-order valence-electron chi connectivity index (χ1n) is 8.55. The summed E-state index contributed by atoms with van der Waals surface area (Å²) < 4.78 is 18.0. The largest absolute Gasteiger partial charge is 0.486 e. The van der Waals surface area contributed by atoms with E-state index in [0.717, 1.165) is 15.8 Å². The van der Waals surface area contributed by atoms with Crippen LogP contribution in [0.2, 0.25) is 0 Å². The molecule has 2 aromatic carbocycles. The molecule has 0 unspecified atom stereocenters. The van der Waals surface area contributed by atoms with Crippen molar-refractivity contribution in [2.75, 3.05) is 18.9 Å². The number of carbonyl (C=O) groups excluding carboxylic acids is 1. The van der Waals surface area contributed by atoms with Crippen LogP contribution in [0.3, 0.4) is 0 Å². The van der Waals surface area contributed by atoms with Gasteiger partial charge >= 0.3 is 0 Å². The van der Waals surface area contributed by atoms with Crippen LogP contribution in [-0.2, 0) is 4.79 Å². The minimum Gasteiger partial charge on any atom is -0.486 e. The Hall–Kier alpha value is -2.52. The molecule has 9 heteroatoms. The SMILES string of the molecule is O=C(CSc1nnc(-c2cccc(Br)c2)o1)NC[C@H]1COc2ccccc2O1. The molecular formula is C19H16BrN3O4S. The second-order valence-electron chi connectivity index (χ2n) is 5.97. The van der Waals surface area contributed by atoms with Crippen LogP contribution >= 0.6 is 27.7 Å². The van der Waals surface area contributed by atoms with Gasteiger partial charge in [-0.2, -0.15) is 0 Å². The van der Waals surface area contributed by atoms with E-state index in [-0.39, 0.29) is 17.8 Å². The number of halogens is 1. The second-order valence-corrected chi connectivity index (χ2v) is 7.82. The molecule has 144 valence electrons. The lowest BCUT2D eigenvalue weighted by atomic mass is 10.2. The molecule has 0 aliphatic carbocycles. The first-order chi connectivity index (χ1) is 13.7. The van der Waals surface area contributed by atoms with Gasteiger partial charge in [0.05, 0.1) is 12.3 Å². The minimum atomic E-state index is -0.226. The van der Waals surface area contributed by atoms with Gasteiger partial charge in [0.15, 0.2) is 11.5 Å². The van der Waals surface area contributed by atoms with Crippen molar-refractivity contribution >= 4 is 33.6 Å². The highest BCUT2D eigenvalue weighted by atomic mass is 79.9. The zero-order valence-electron chi connectivity index (χ0n) is 14.6. The molecular weight excluding hydrogens is 446 g/mol. The number of rotatable bonds is 6. The average molecular weight is 462 g/mol. The van der Waals surface area contributed by atoms with Crippen LogP contribution in [0.5, 0.6) is 11.5 Å². The molecule has 0 bridgehead atoms. The molecule has 28 heavy (non-hydrogen) atoms. The van der Waals surface area contributed by atoms with Gasteiger partial charge in [0, 0.05) is 10.0 Å². The summed E-state index contributed by atoms with van der Waals surface area (Å²) in [5, 5.41) is 11.2. The van der Waals surface area contributed by atoms with Gasteiger partial charge in [-0.25, -0.2) is 0 Å². The van der Waals surface area contributed by atoms with Crippen LogP contribution in [-0.4, -0.2) is 41.1 Å². The Morgan fingerprint density at radius 3 is 2.89 bits per heavy atom. The van der Waals surface area contributed by atoms with Crippen molar-refractivity contribution in [3.63, 3.8) is 0 Å². The minimum absolute atomic E-state index is 0.144. The molecule has 7 nitrogen and oxygen atoms in total. The first-order valence-corrected chi connectivity index (χ1v) is 10.3. The number of hydrogen-bond donors (Lipinski definition) is 1. The van der Waals surface area contributed by atoms with Crippen molar-refractivity contribution in [1.29, 1.82) is 0 Å². The van der Waals surface area contributed by atoms with Gasteiger partial charge in [-0.1, -0.05) is 45.9 Å². The highest BCUT2D eigenvalue weighted by molar-refractivity contribution is 9.10. The van der Waals surface area contributed by atoms with E-state index in [4.69, 9.17) is 13.9 Å². The summed E-state index contributed by atoms with van der Waals surface area (Å²) in [5.74, 6) is 1.85. The average Bonchev–Trinajstić information content (AvgIpc) is 3.20. The molecule has 0 saturated heterocycles. The van der Waals surface area contributed by atoms with Gasteiger partial charge in [-0.15, -0.1) is 10.2 Å². The Labute approximate surface area is 173 Å². The third kappa shape index (κ3) is 4.66. The number of ether oxygens (including phenoxy) is 2. The number of nitrogens with zero attached hydrogens (tertiary/aromatic N) is 2. The normalized spacial score (nSPS) is 15.2. The second kappa shape index (κ2) is 8.66. The molecule has 0 fully saturated rings. The van der Waals surface area contributed by atoms with Crippen molar-refractivity contribution in [3.8, 4) is 23.0 Å². The zero-order valence-corrected chi connectivity index (χ0v) is 17.0. The third-order valence-corrected chi connectivity index (χ3v) is 5.21. The standard InChI is InChI=1S/C19H16BrN3O4S/c20-13-5-3-4-12(8-13)18-22-23-19(27-18)28-11-17(24)21-9-14-10-25-15-6-1-2-7-16(15)26-14/h1-8,14H,9-11H2,(H,21,24)/t14-/m0/s1. The molecule has 1 aliphatic heterocycles. The van der Waals surface area contributed by atoms with Gasteiger partial charge in [-0.3, -0.25) is 4.79 Å². The lowest BCUT2D eigenvalue weighted by Crippen LogP contribution is -2.41. The Balaban J connectivity index is 1.24. The van der Waals surface area contributed by atoms with Crippen molar-refractivity contribution < 1.29 is 18.7 Å². The van der Waals surface area contributed by atoms with E-state index >= 15 is 0 Å². The van der Waals surface area contributed by atoms with Crippen LogP contribution in [0.1, 0.15) is 0 Å². The highest BCUT2D eigenvalue weighted by Gasteiger charge is 2.21. The van der Waals surface area contributed by atoms with E-state index in [0.29, 0.717) is 30.0 Å². The fraction of sp³-hybridized carbons (Fsp3) is 0.211. The van der Waals surface area contributed by atoms with Crippen LogP contribution in [0.15, 0.2) is 62.6 Å². The van der Waals surface area contributed by atoms with Gasteiger partial charge in [0.2, 0.25) is 11.8 Å². The number of benzene rings is 2. The Morgan fingerprint density at radius 1 is 1.18 bits per heavy atom. The van der Waals surface area contributed by atoms with Gasteiger partial charge in [-0.05, 0) is 30.3 Å². The number of nitrogens with one attached hydrogen (secondary N) is 1. The molecule has 2 heterocycles. The number of hydrogen-bond acceptors (Lipinski definition) is 7. The van der Waals surface area contributed by atoms with E-state index < -0.39 is 0 Å². The summed E-state index contributed by atoms with van der Waals surface area (Å²) in [6.45, 7) is 0.755. The summed E-state index contributed by atoms with van der Waals surface area (Å²) in [4.78, 5) is 12.1. The van der Waals surface area contributed by atoms with Crippen molar-refractivity contribution in [2.24, 2.45) is 0 Å². The number of carbonyl (C=O) groups is 1. The predicted molar refractivity (Wildman–Crippen MR) is 108 cm³/mol. The fourth-order valence-corrected chi connectivity index (χ4v) is 3.57. The summed E-state index contributed by atoms with van der Waals surface area (Å²) in [6, 6.07) is 15.0. The van der Waals surface area contributed by atoms with Crippen molar-refractivity contribution in [3.05, 3.63) is 53.0 Å². The van der Waals surface area contributed by atoms with Crippen LogP contribution < -0.4 is 14.8 Å². The Kier molecular flexibility index (Phi) is 5.82. The van der Waals surface area contributed by atoms with Gasteiger partial charge in [0.1, 0.15) is 12.7 Å². The Morgan fingerprint density at radius 2 is 2.04 bits per heavy atom. The summed E-state index contributed by atoms with van der Waals surface area (Å²) in [7, 11) is 0. The fourth-order valence-electron chi connectivity index (χ4n) is 2.58. The number of amides is 1. The van der Waals surface area contributed by atoms with Crippen LogP contribution in [0.4, 0.5) is 0 Å². The van der Waals surface area contributed by atoms with E-state index in [9.17, 15) is 4.79 Å². The molecule has 1 aliphatic rings. The predicted octanol–water partition coefficient (Wildman–Crippen LogP) is 3.55. The van der Waals surface area contributed by atoms with Crippen molar-refractivity contribution in [2.45, 2.75) is 11.3 Å². The molecule has 1 atom stereocenters. The lowest BCUT2D eigenvalue weighted by Gasteiger charge is -2.26. The molecule has 0 saturated carbocycles. The third-order valence-electron chi connectivity index (χ3n) is 3.90. The highest BCUT2D eigenvalue weighted by Crippen LogP contribution is 2.30. The maximum Gasteiger partial charge on any atom is 0.277 e. The monoisotopic (exact) mass is 461 g/mol. The van der Waals surface area contributed by atoms with Crippen LogP contribution in [0.25, 0.3) is 11.5 Å². The molecule has 4 rings (SSSR count). The molecule has 3 aromatic rings. The summed E-state index contributed by atoms with van der Waals surface area (Å²) in [5.41, 5.74) is 0.813. The van der Waals surface area contributed by atoms with Crippen LogP contribution in [0, 0.1) is 0 Å². The lowest BCUT2D eigenvalue weighted by molar-refractivity contribution is -0.119. The molecule has 1 amide bonds. The molecule has 0 spiro atoms. The first kappa shape index (κ1) is 18.8.